The van der Waals surface area contributed by atoms with Gasteiger partial charge in [0.15, 0.2) is 0 Å². The Morgan fingerprint density at radius 3 is 2.90 bits per heavy atom. The lowest BCUT2D eigenvalue weighted by atomic mass is 10.3. The maximum Gasteiger partial charge on any atom is 0.266 e. The van der Waals surface area contributed by atoms with Crippen LogP contribution in [0.3, 0.4) is 0 Å². The highest BCUT2D eigenvalue weighted by molar-refractivity contribution is 7.99. The number of carbonyl (C=O) groups excluding carboxylic acids is 1. The lowest BCUT2D eigenvalue weighted by Gasteiger charge is -2.02. The standard InChI is InChI=1S/C14H10ClN3OS/c15-8-3-1-4-9(7-8)20-13-11-10(5-2-6-17-11)18-12(13)14(16)19/h1-7,18H,(H2,16,19). The van der Waals surface area contributed by atoms with E-state index in [-0.39, 0.29) is 0 Å². The van der Waals surface area contributed by atoms with Crippen LogP contribution >= 0.6 is 23.4 Å². The Morgan fingerprint density at radius 2 is 2.15 bits per heavy atom. The number of aromatic nitrogens is 2. The zero-order valence-electron chi connectivity index (χ0n) is 10.3. The third kappa shape index (κ3) is 2.37. The number of hydrogen-bond acceptors (Lipinski definition) is 3. The van der Waals surface area contributed by atoms with Gasteiger partial charge >= 0.3 is 0 Å². The van der Waals surface area contributed by atoms with E-state index >= 15 is 0 Å². The molecule has 0 saturated carbocycles. The summed E-state index contributed by atoms with van der Waals surface area (Å²) in [5.74, 6) is -0.507. The van der Waals surface area contributed by atoms with Crippen LogP contribution in [0.25, 0.3) is 11.0 Å². The van der Waals surface area contributed by atoms with Crippen LogP contribution < -0.4 is 5.73 Å². The summed E-state index contributed by atoms with van der Waals surface area (Å²) in [6.07, 6.45) is 1.68. The molecular formula is C14H10ClN3OS. The van der Waals surface area contributed by atoms with E-state index in [1.54, 1.807) is 18.3 Å². The first-order valence-corrected chi connectivity index (χ1v) is 7.04. The molecule has 4 nitrogen and oxygen atoms in total. The summed E-state index contributed by atoms with van der Waals surface area (Å²) in [5.41, 5.74) is 7.30. The van der Waals surface area contributed by atoms with E-state index in [1.807, 2.05) is 24.3 Å². The number of amides is 1. The summed E-state index contributed by atoms with van der Waals surface area (Å²) in [7, 11) is 0. The van der Waals surface area contributed by atoms with Crippen molar-refractivity contribution in [1.29, 1.82) is 0 Å². The molecule has 1 amide bonds. The number of carbonyl (C=O) groups is 1. The molecule has 0 saturated heterocycles. The van der Waals surface area contributed by atoms with Gasteiger partial charge in [-0.3, -0.25) is 9.78 Å². The van der Waals surface area contributed by atoms with Gasteiger partial charge < -0.3 is 10.7 Å². The second kappa shape index (κ2) is 5.19. The summed E-state index contributed by atoms with van der Waals surface area (Å²) in [6.45, 7) is 0. The lowest BCUT2D eigenvalue weighted by Crippen LogP contribution is -2.12. The number of pyridine rings is 1. The van der Waals surface area contributed by atoms with Gasteiger partial charge in [0.1, 0.15) is 11.2 Å². The predicted octanol–water partition coefficient (Wildman–Crippen LogP) is 3.47. The SMILES string of the molecule is NC(=O)c1[nH]c2cccnc2c1Sc1cccc(Cl)c1. The molecule has 0 aliphatic heterocycles. The van der Waals surface area contributed by atoms with Crippen molar-refractivity contribution >= 4 is 40.3 Å². The lowest BCUT2D eigenvalue weighted by molar-refractivity contribution is 0.0993. The molecule has 3 N–H and O–H groups in total. The number of halogens is 1. The fraction of sp³-hybridized carbons (Fsp3) is 0. The van der Waals surface area contributed by atoms with Gasteiger partial charge in [-0.1, -0.05) is 29.4 Å². The first kappa shape index (κ1) is 13.0. The average Bonchev–Trinajstić information content (AvgIpc) is 2.78. The molecule has 0 unspecified atom stereocenters. The minimum absolute atomic E-state index is 0.365. The van der Waals surface area contributed by atoms with Gasteiger partial charge in [-0.15, -0.1) is 0 Å². The molecule has 6 heteroatoms. The maximum absolute atomic E-state index is 11.6. The highest BCUT2D eigenvalue weighted by atomic mass is 35.5. The smallest absolute Gasteiger partial charge is 0.266 e. The molecule has 100 valence electrons. The number of rotatable bonds is 3. The van der Waals surface area contributed by atoms with E-state index in [4.69, 9.17) is 17.3 Å². The van der Waals surface area contributed by atoms with Crippen molar-refractivity contribution in [3.05, 3.63) is 53.3 Å². The molecule has 3 rings (SSSR count). The maximum atomic E-state index is 11.6. The number of benzene rings is 1. The number of nitrogens with zero attached hydrogens (tertiary/aromatic N) is 1. The Kier molecular flexibility index (Phi) is 3.38. The number of nitrogens with one attached hydrogen (secondary N) is 1. The van der Waals surface area contributed by atoms with E-state index in [0.717, 1.165) is 20.8 Å². The van der Waals surface area contributed by atoms with Crippen LogP contribution in [0, 0.1) is 0 Å². The molecule has 3 aromatic rings. The minimum Gasteiger partial charge on any atom is -0.364 e. The Bertz CT molecular complexity index is 800. The number of aromatic amines is 1. The van der Waals surface area contributed by atoms with Gasteiger partial charge in [-0.2, -0.15) is 0 Å². The molecule has 0 bridgehead atoms. The topological polar surface area (TPSA) is 71.8 Å². The number of nitrogens with two attached hydrogens (primary N) is 1. The van der Waals surface area contributed by atoms with Crippen LogP contribution in [0.4, 0.5) is 0 Å². The second-order valence-electron chi connectivity index (χ2n) is 4.15. The molecule has 1 aromatic carbocycles. The van der Waals surface area contributed by atoms with Crippen LogP contribution in [-0.2, 0) is 0 Å². The van der Waals surface area contributed by atoms with Crippen molar-refractivity contribution < 1.29 is 4.79 Å². The fourth-order valence-corrected chi connectivity index (χ4v) is 3.25. The highest BCUT2D eigenvalue weighted by Crippen LogP contribution is 2.36. The molecule has 0 aliphatic carbocycles. The summed E-state index contributed by atoms with van der Waals surface area (Å²) in [5, 5.41) is 0.642. The third-order valence-corrected chi connectivity index (χ3v) is 4.10. The van der Waals surface area contributed by atoms with Gasteiger partial charge in [0, 0.05) is 16.1 Å². The quantitative estimate of drug-likeness (QED) is 0.778. The molecule has 0 spiro atoms. The largest absolute Gasteiger partial charge is 0.364 e. The molecule has 0 atom stereocenters. The summed E-state index contributed by atoms with van der Waals surface area (Å²) in [6, 6.07) is 11.1. The van der Waals surface area contributed by atoms with Gasteiger partial charge in [-0.05, 0) is 30.3 Å². The summed E-state index contributed by atoms with van der Waals surface area (Å²) >= 11 is 7.39. The summed E-state index contributed by atoms with van der Waals surface area (Å²) in [4.78, 5) is 20.5. The van der Waals surface area contributed by atoms with E-state index in [1.165, 1.54) is 11.8 Å². The van der Waals surface area contributed by atoms with Crippen molar-refractivity contribution in [3.63, 3.8) is 0 Å². The van der Waals surface area contributed by atoms with Crippen LogP contribution in [0.15, 0.2) is 52.4 Å². The van der Waals surface area contributed by atoms with Crippen molar-refractivity contribution in [3.8, 4) is 0 Å². The molecular weight excluding hydrogens is 294 g/mol. The third-order valence-electron chi connectivity index (χ3n) is 2.77. The zero-order valence-corrected chi connectivity index (χ0v) is 11.8. The fourth-order valence-electron chi connectivity index (χ4n) is 1.92. The normalized spacial score (nSPS) is 10.8. The Hall–Kier alpha value is -1.98. The molecule has 0 radical (unpaired) electrons. The van der Waals surface area contributed by atoms with Gasteiger partial charge in [0.25, 0.3) is 5.91 Å². The van der Waals surface area contributed by atoms with E-state index in [9.17, 15) is 4.79 Å². The molecule has 0 fully saturated rings. The number of H-pyrrole nitrogens is 1. The first-order chi connectivity index (χ1) is 9.65. The zero-order chi connectivity index (χ0) is 14.1. The predicted molar refractivity (Wildman–Crippen MR) is 80.2 cm³/mol. The van der Waals surface area contributed by atoms with Crippen LogP contribution in [0.2, 0.25) is 5.02 Å². The van der Waals surface area contributed by atoms with Crippen LogP contribution in [0.1, 0.15) is 10.5 Å². The molecule has 2 aromatic heterocycles. The monoisotopic (exact) mass is 303 g/mol. The molecule has 2 heterocycles. The van der Waals surface area contributed by atoms with Crippen molar-refractivity contribution in [2.75, 3.05) is 0 Å². The van der Waals surface area contributed by atoms with Crippen LogP contribution in [-0.4, -0.2) is 15.9 Å². The minimum atomic E-state index is -0.507. The summed E-state index contributed by atoms with van der Waals surface area (Å²) < 4.78 is 0. The molecule has 0 aliphatic rings. The first-order valence-electron chi connectivity index (χ1n) is 5.85. The van der Waals surface area contributed by atoms with Gasteiger partial charge in [0.2, 0.25) is 0 Å². The Balaban J connectivity index is 2.14. The van der Waals surface area contributed by atoms with Gasteiger partial charge in [-0.25, -0.2) is 0 Å². The average molecular weight is 304 g/mol. The van der Waals surface area contributed by atoms with E-state index in [2.05, 4.69) is 9.97 Å². The highest BCUT2D eigenvalue weighted by Gasteiger charge is 2.17. The van der Waals surface area contributed by atoms with Crippen molar-refractivity contribution in [2.45, 2.75) is 9.79 Å². The van der Waals surface area contributed by atoms with E-state index < -0.39 is 5.91 Å². The second-order valence-corrected chi connectivity index (χ2v) is 5.67. The van der Waals surface area contributed by atoms with Crippen molar-refractivity contribution in [2.24, 2.45) is 5.73 Å². The number of fused-ring (bicyclic) bond motifs is 1. The Labute approximate surface area is 124 Å². The number of primary amides is 1. The molecule has 20 heavy (non-hydrogen) atoms. The van der Waals surface area contributed by atoms with Crippen LogP contribution in [0.5, 0.6) is 0 Å². The Morgan fingerprint density at radius 1 is 1.30 bits per heavy atom. The van der Waals surface area contributed by atoms with Gasteiger partial charge in [0.05, 0.1) is 10.4 Å². The van der Waals surface area contributed by atoms with Crippen molar-refractivity contribution in [1.82, 2.24) is 9.97 Å². The number of hydrogen-bond donors (Lipinski definition) is 2. The van der Waals surface area contributed by atoms with E-state index in [0.29, 0.717) is 10.7 Å².